The fourth-order valence-corrected chi connectivity index (χ4v) is 1.97. The van der Waals surface area contributed by atoms with Crippen molar-refractivity contribution in [2.45, 2.75) is 6.54 Å². The third kappa shape index (κ3) is 3.91. The first-order valence-corrected chi connectivity index (χ1v) is 6.00. The zero-order valence-electron chi connectivity index (χ0n) is 10.5. The normalized spacial score (nSPS) is 15.6. The molecule has 1 aliphatic heterocycles. The molecule has 1 aliphatic rings. The van der Waals surface area contributed by atoms with Crippen LogP contribution in [-0.2, 0) is 16.1 Å². The molecule has 0 aliphatic carbocycles. The summed E-state index contributed by atoms with van der Waals surface area (Å²) in [6.45, 7) is 1.36. The van der Waals surface area contributed by atoms with Crippen molar-refractivity contribution in [3.63, 3.8) is 0 Å². The van der Waals surface area contributed by atoms with Gasteiger partial charge in [0.05, 0.1) is 19.6 Å². The molecule has 2 amide bonds. The Balaban J connectivity index is 2.06. The SMILES string of the molecule is NCC#Cc1cccc(CN2CC(=O)NC(=O)C2)c1. The van der Waals surface area contributed by atoms with Gasteiger partial charge >= 0.3 is 0 Å². The van der Waals surface area contributed by atoms with Gasteiger partial charge in [-0.25, -0.2) is 0 Å². The topological polar surface area (TPSA) is 75.4 Å². The Bertz CT molecular complexity index is 541. The molecular formula is C14H15N3O2. The van der Waals surface area contributed by atoms with Crippen LogP contribution in [0, 0.1) is 11.8 Å². The van der Waals surface area contributed by atoms with Crippen molar-refractivity contribution < 1.29 is 9.59 Å². The number of nitrogens with zero attached hydrogens (tertiary/aromatic N) is 1. The number of piperazine rings is 1. The van der Waals surface area contributed by atoms with Gasteiger partial charge in [0.1, 0.15) is 0 Å². The Morgan fingerprint density at radius 3 is 2.68 bits per heavy atom. The average Bonchev–Trinajstić information content (AvgIpc) is 2.35. The third-order valence-corrected chi connectivity index (χ3v) is 2.68. The van der Waals surface area contributed by atoms with E-state index >= 15 is 0 Å². The molecule has 0 spiro atoms. The van der Waals surface area contributed by atoms with E-state index in [1.165, 1.54) is 0 Å². The van der Waals surface area contributed by atoms with E-state index in [0.29, 0.717) is 13.1 Å². The maximum atomic E-state index is 11.3. The molecular weight excluding hydrogens is 242 g/mol. The van der Waals surface area contributed by atoms with E-state index in [1.54, 1.807) is 4.90 Å². The lowest BCUT2D eigenvalue weighted by molar-refractivity contribution is -0.136. The average molecular weight is 257 g/mol. The summed E-state index contributed by atoms with van der Waals surface area (Å²) < 4.78 is 0. The molecule has 0 unspecified atom stereocenters. The number of nitrogens with two attached hydrogens (primary N) is 1. The highest BCUT2D eigenvalue weighted by atomic mass is 16.2. The molecule has 19 heavy (non-hydrogen) atoms. The van der Waals surface area contributed by atoms with E-state index in [1.807, 2.05) is 24.3 Å². The highest BCUT2D eigenvalue weighted by Crippen LogP contribution is 2.08. The lowest BCUT2D eigenvalue weighted by Crippen LogP contribution is -2.50. The van der Waals surface area contributed by atoms with Gasteiger partial charge in [0.15, 0.2) is 0 Å². The van der Waals surface area contributed by atoms with E-state index in [-0.39, 0.29) is 24.9 Å². The fraction of sp³-hybridized carbons (Fsp3) is 0.286. The largest absolute Gasteiger partial charge is 0.320 e. The Morgan fingerprint density at radius 1 is 1.26 bits per heavy atom. The van der Waals surface area contributed by atoms with E-state index in [4.69, 9.17) is 5.73 Å². The molecule has 0 atom stereocenters. The van der Waals surface area contributed by atoms with Crippen LogP contribution in [0.1, 0.15) is 11.1 Å². The second-order valence-corrected chi connectivity index (χ2v) is 4.32. The molecule has 2 rings (SSSR count). The summed E-state index contributed by atoms with van der Waals surface area (Å²) in [6.07, 6.45) is 0. The number of hydrogen-bond donors (Lipinski definition) is 2. The van der Waals surface area contributed by atoms with Gasteiger partial charge in [-0.05, 0) is 17.7 Å². The van der Waals surface area contributed by atoms with Crippen LogP contribution in [0.3, 0.4) is 0 Å². The molecule has 5 nitrogen and oxygen atoms in total. The van der Waals surface area contributed by atoms with Crippen LogP contribution >= 0.6 is 0 Å². The predicted molar refractivity (Wildman–Crippen MR) is 70.8 cm³/mol. The molecule has 1 aromatic carbocycles. The number of benzene rings is 1. The number of amides is 2. The first-order valence-electron chi connectivity index (χ1n) is 6.00. The lowest BCUT2D eigenvalue weighted by atomic mass is 10.1. The van der Waals surface area contributed by atoms with Crippen molar-refractivity contribution >= 4 is 11.8 Å². The molecule has 1 fully saturated rings. The molecule has 5 heteroatoms. The molecule has 98 valence electrons. The lowest BCUT2D eigenvalue weighted by Gasteiger charge is -2.25. The predicted octanol–water partition coefficient (Wildman–Crippen LogP) is -0.545. The van der Waals surface area contributed by atoms with Gasteiger partial charge in [0, 0.05) is 12.1 Å². The van der Waals surface area contributed by atoms with Crippen LogP contribution in [0.2, 0.25) is 0 Å². The van der Waals surface area contributed by atoms with E-state index in [0.717, 1.165) is 11.1 Å². The van der Waals surface area contributed by atoms with Gasteiger partial charge in [-0.3, -0.25) is 19.8 Å². The smallest absolute Gasteiger partial charge is 0.240 e. The van der Waals surface area contributed by atoms with Crippen molar-refractivity contribution in [1.82, 2.24) is 10.2 Å². The molecule has 1 heterocycles. The summed E-state index contributed by atoms with van der Waals surface area (Å²) in [5.74, 6) is 5.25. The van der Waals surface area contributed by atoms with Crippen molar-refractivity contribution in [3.8, 4) is 11.8 Å². The van der Waals surface area contributed by atoms with Gasteiger partial charge in [0.2, 0.25) is 11.8 Å². The van der Waals surface area contributed by atoms with Gasteiger partial charge in [-0.2, -0.15) is 0 Å². The number of carbonyl (C=O) groups is 2. The Morgan fingerprint density at radius 2 is 2.00 bits per heavy atom. The summed E-state index contributed by atoms with van der Waals surface area (Å²) >= 11 is 0. The zero-order valence-corrected chi connectivity index (χ0v) is 10.5. The highest BCUT2D eigenvalue weighted by Gasteiger charge is 2.22. The Kier molecular flexibility index (Phi) is 4.29. The van der Waals surface area contributed by atoms with Crippen LogP contribution in [0.25, 0.3) is 0 Å². The third-order valence-electron chi connectivity index (χ3n) is 2.68. The number of imide groups is 1. The minimum absolute atomic E-state index is 0.241. The van der Waals surface area contributed by atoms with Crippen LogP contribution in [0.5, 0.6) is 0 Å². The molecule has 1 aromatic rings. The first kappa shape index (κ1) is 13.3. The summed E-state index contributed by atoms with van der Waals surface area (Å²) in [6, 6.07) is 7.70. The van der Waals surface area contributed by atoms with Crippen LogP contribution in [-0.4, -0.2) is 36.3 Å². The van der Waals surface area contributed by atoms with Crippen molar-refractivity contribution in [2.75, 3.05) is 19.6 Å². The summed E-state index contributed by atoms with van der Waals surface area (Å²) in [7, 11) is 0. The molecule has 0 aromatic heterocycles. The first-order chi connectivity index (χ1) is 9.17. The molecule has 0 bridgehead atoms. The zero-order chi connectivity index (χ0) is 13.7. The van der Waals surface area contributed by atoms with Crippen LogP contribution in [0.4, 0.5) is 0 Å². The maximum absolute atomic E-state index is 11.3. The van der Waals surface area contributed by atoms with Crippen LogP contribution < -0.4 is 11.1 Å². The molecule has 3 N–H and O–H groups in total. The van der Waals surface area contributed by atoms with Gasteiger partial charge in [-0.1, -0.05) is 24.0 Å². The molecule has 0 saturated carbocycles. The highest BCUT2D eigenvalue weighted by molar-refractivity contribution is 5.99. The van der Waals surface area contributed by atoms with E-state index in [9.17, 15) is 9.59 Å². The number of carbonyl (C=O) groups excluding carboxylic acids is 2. The second kappa shape index (κ2) is 6.14. The molecule has 1 saturated heterocycles. The van der Waals surface area contributed by atoms with Crippen molar-refractivity contribution in [2.24, 2.45) is 5.73 Å². The number of rotatable bonds is 2. The van der Waals surface area contributed by atoms with Gasteiger partial charge in [0.25, 0.3) is 0 Å². The minimum Gasteiger partial charge on any atom is -0.320 e. The fourth-order valence-electron chi connectivity index (χ4n) is 1.97. The van der Waals surface area contributed by atoms with Crippen molar-refractivity contribution in [3.05, 3.63) is 35.4 Å². The second-order valence-electron chi connectivity index (χ2n) is 4.32. The minimum atomic E-state index is -0.254. The summed E-state index contributed by atoms with van der Waals surface area (Å²) in [5.41, 5.74) is 7.24. The molecule has 0 radical (unpaired) electrons. The monoisotopic (exact) mass is 257 g/mol. The van der Waals surface area contributed by atoms with Gasteiger partial charge in [-0.15, -0.1) is 0 Å². The Labute approximate surface area is 111 Å². The number of hydrogen-bond acceptors (Lipinski definition) is 4. The van der Waals surface area contributed by atoms with Gasteiger partial charge < -0.3 is 5.73 Å². The number of nitrogens with one attached hydrogen (secondary N) is 1. The van der Waals surface area contributed by atoms with E-state index < -0.39 is 0 Å². The standard InChI is InChI=1S/C14H15N3O2/c15-6-2-5-11-3-1-4-12(7-11)8-17-9-13(18)16-14(19)10-17/h1,3-4,7H,6,8-10,15H2,(H,16,18,19). The van der Waals surface area contributed by atoms with E-state index in [2.05, 4.69) is 17.2 Å². The quantitative estimate of drug-likeness (QED) is 0.551. The maximum Gasteiger partial charge on any atom is 0.240 e. The summed E-state index contributed by atoms with van der Waals surface area (Å²) in [5, 5.41) is 2.28. The summed E-state index contributed by atoms with van der Waals surface area (Å²) in [4.78, 5) is 24.3. The van der Waals surface area contributed by atoms with Crippen LogP contribution in [0.15, 0.2) is 24.3 Å². The Hall–Kier alpha value is -2.16. The van der Waals surface area contributed by atoms with Crippen molar-refractivity contribution in [1.29, 1.82) is 0 Å².